The predicted molar refractivity (Wildman–Crippen MR) is 112 cm³/mol. The highest BCUT2D eigenvalue weighted by molar-refractivity contribution is 7.89. The third-order valence-electron chi connectivity index (χ3n) is 5.71. The second kappa shape index (κ2) is 9.78. The van der Waals surface area contributed by atoms with E-state index in [9.17, 15) is 18.0 Å². The van der Waals surface area contributed by atoms with E-state index >= 15 is 0 Å². The van der Waals surface area contributed by atoms with Crippen molar-refractivity contribution in [2.45, 2.75) is 62.8 Å². The van der Waals surface area contributed by atoms with Crippen molar-refractivity contribution >= 4 is 21.9 Å². The van der Waals surface area contributed by atoms with E-state index in [1.807, 2.05) is 0 Å². The molecule has 1 aliphatic carbocycles. The first-order valence-electron chi connectivity index (χ1n) is 10.7. The Morgan fingerprint density at radius 3 is 2.77 bits per heavy atom. The molecule has 1 atom stereocenters. The van der Waals surface area contributed by atoms with Gasteiger partial charge in [0.25, 0.3) is 0 Å². The van der Waals surface area contributed by atoms with Crippen molar-refractivity contribution in [2.24, 2.45) is 7.05 Å². The molecule has 30 heavy (non-hydrogen) atoms. The predicted octanol–water partition coefficient (Wildman–Crippen LogP) is 2.36. The lowest BCUT2D eigenvalue weighted by Crippen LogP contribution is -2.46. The van der Waals surface area contributed by atoms with E-state index in [1.54, 1.807) is 14.0 Å². The molecule has 8 nitrogen and oxygen atoms in total. The van der Waals surface area contributed by atoms with Gasteiger partial charge in [-0.3, -0.25) is 4.79 Å². The Kier molecular flexibility index (Phi) is 7.36. The Morgan fingerprint density at radius 1 is 1.27 bits per heavy atom. The molecule has 1 N–H and O–H groups in total. The number of amides is 1. The minimum Gasteiger partial charge on any atom is -0.461 e. The van der Waals surface area contributed by atoms with Gasteiger partial charge < -0.3 is 14.6 Å². The summed E-state index contributed by atoms with van der Waals surface area (Å²) < 4.78 is 34.0. The van der Waals surface area contributed by atoms with Crippen LogP contribution >= 0.6 is 0 Å². The van der Waals surface area contributed by atoms with Crippen LogP contribution in [-0.4, -0.2) is 54.9 Å². The fraction of sp³-hybridized carbons (Fsp3) is 0.619. The van der Waals surface area contributed by atoms with Crippen LogP contribution in [0.5, 0.6) is 0 Å². The van der Waals surface area contributed by atoms with Gasteiger partial charge in [0.2, 0.25) is 15.9 Å². The van der Waals surface area contributed by atoms with Crippen molar-refractivity contribution in [3.05, 3.63) is 29.6 Å². The molecule has 1 fully saturated rings. The van der Waals surface area contributed by atoms with Crippen LogP contribution in [0.3, 0.4) is 0 Å². The van der Waals surface area contributed by atoms with E-state index in [0.29, 0.717) is 19.4 Å². The highest BCUT2D eigenvalue weighted by Crippen LogP contribution is 2.27. The molecule has 9 heteroatoms. The molecule has 2 aliphatic rings. The van der Waals surface area contributed by atoms with Crippen LogP contribution in [0.1, 0.15) is 62.4 Å². The van der Waals surface area contributed by atoms with Gasteiger partial charge in [0.05, 0.1) is 6.61 Å². The van der Waals surface area contributed by atoms with Crippen LogP contribution in [0, 0.1) is 0 Å². The molecule has 166 valence electrons. The van der Waals surface area contributed by atoms with Crippen LogP contribution in [0.4, 0.5) is 0 Å². The summed E-state index contributed by atoms with van der Waals surface area (Å²) in [6, 6.07) is 0.595. The molecule has 0 saturated carbocycles. The van der Waals surface area contributed by atoms with Gasteiger partial charge in [-0.2, -0.15) is 4.31 Å². The van der Waals surface area contributed by atoms with Gasteiger partial charge in [-0.25, -0.2) is 13.2 Å². The zero-order valence-electron chi connectivity index (χ0n) is 17.7. The first-order valence-corrected chi connectivity index (χ1v) is 12.1. The zero-order valence-corrected chi connectivity index (χ0v) is 18.5. The number of allylic oxidation sites excluding steroid dienone is 1. The lowest BCUT2D eigenvalue weighted by Gasteiger charge is -2.23. The van der Waals surface area contributed by atoms with Crippen LogP contribution in [0.25, 0.3) is 0 Å². The monoisotopic (exact) mass is 437 g/mol. The molecule has 1 aliphatic heterocycles. The van der Waals surface area contributed by atoms with Gasteiger partial charge in [-0.15, -0.1) is 0 Å². The first kappa shape index (κ1) is 22.6. The fourth-order valence-corrected chi connectivity index (χ4v) is 5.83. The van der Waals surface area contributed by atoms with E-state index < -0.39 is 22.0 Å². The summed E-state index contributed by atoms with van der Waals surface area (Å²) in [6.45, 7) is 2.71. The summed E-state index contributed by atoms with van der Waals surface area (Å²) in [5, 5.41) is 2.91. The van der Waals surface area contributed by atoms with E-state index in [4.69, 9.17) is 4.74 Å². The molecular weight excluding hydrogens is 406 g/mol. The molecule has 1 aromatic rings. The number of sulfonamides is 1. The number of carbonyl (C=O) groups excluding carboxylic acids is 2. The normalized spacial score (nSPS) is 20.1. The maximum atomic E-state index is 13.2. The molecule has 0 bridgehead atoms. The van der Waals surface area contributed by atoms with Crippen molar-refractivity contribution in [1.82, 2.24) is 14.2 Å². The summed E-state index contributed by atoms with van der Waals surface area (Å²) in [5.74, 6) is -0.830. The van der Waals surface area contributed by atoms with E-state index in [-0.39, 0.29) is 29.6 Å². The standard InChI is InChI=1S/C21H31N3O5S/c1-3-29-21(26)19-14-17(15-23(19)2)30(27,28)24-13-7-10-18(24)20(25)22-12-11-16-8-5-4-6-9-16/h8,14-15,18H,3-7,9-13H2,1-2H3,(H,22,25)/t18-/m0/s1. The van der Waals surface area contributed by atoms with Crippen molar-refractivity contribution in [2.75, 3.05) is 19.7 Å². The smallest absolute Gasteiger partial charge is 0.354 e. The summed E-state index contributed by atoms with van der Waals surface area (Å²) >= 11 is 0. The minimum absolute atomic E-state index is 0.000106. The number of aryl methyl sites for hydroxylation is 1. The first-order chi connectivity index (χ1) is 14.3. The molecular formula is C21H31N3O5S. The number of rotatable bonds is 8. The van der Waals surface area contributed by atoms with Crippen LogP contribution in [-0.2, 0) is 26.6 Å². The molecule has 1 amide bonds. The second-order valence-corrected chi connectivity index (χ2v) is 9.71. The Hall–Kier alpha value is -2.13. The van der Waals surface area contributed by atoms with Gasteiger partial charge in [0, 0.05) is 26.3 Å². The number of hydrogen-bond donors (Lipinski definition) is 1. The topological polar surface area (TPSA) is 97.7 Å². The maximum absolute atomic E-state index is 13.2. The molecule has 1 saturated heterocycles. The number of carbonyl (C=O) groups is 2. The highest BCUT2D eigenvalue weighted by atomic mass is 32.2. The third-order valence-corrected chi connectivity index (χ3v) is 7.58. The molecule has 0 radical (unpaired) electrons. The second-order valence-electron chi connectivity index (χ2n) is 7.82. The van der Waals surface area contributed by atoms with E-state index in [1.165, 1.54) is 39.6 Å². The number of esters is 1. The Labute approximate surface area is 178 Å². The average molecular weight is 438 g/mol. The van der Waals surface area contributed by atoms with E-state index in [2.05, 4.69) is 11.4 Å². The quantitative estimate of drug-likeness (QED) is 0.497. The zero-order chi connectivity index (χ0) is 21.7. The largest absolute Gasteiger partial charge is 0.461 e. The Morgan fingerprint density at radius 2 is 2.07 bits per heavy atom. The highest BCUT2D eigenvalue weighted by Gasteiger charge is 2.40. The number of hydrogen-bond acceptors (Lipinski definition) is 5. The number of nitrogens with one attached hydrogen (secondary N) is 1. The number of nitrogens with zero attached hydrogens (tertiary/aromatic N) is 2. The van der Waals surface area contributed by atoms with Crippen LogP contribution < -0.4 is 5.32 Å². The van der Waals surface area contributed by atoms with Crippen molar-refractivity contribution < 1.29 is 22.7 Å². The summed E-state index contributed by atoms with van der Waals surface area (Å²) in [6.07, 6.45) is 10.2. The Balaban J connectivity index is 1.67. The fourth-order valence-electron chi connectivity index (χ4n) is 4.10. The van der Waals surface area contributed by atoms with Gasteiger partial charge in [0.1, 0.15) is 16.6 Å². The van der Waals surface area contributed by atoms with Gasteiger partial charge in [-0.1, -0.05) is 11.6 Å². The molecule has 0 spiro atoms. The maximum Gasteiger partial charge on any atom is 0.354 e. The average Bonchev–Trinajstić information content (AvgIpc) is 3.36. The lowest BCUT2D eigenvalue weighted by atomic mass is 9.97. The minimum atomic E-state index is -3.90. The number of aromatic nitrogens is 1. The van der Waals surface area contributed by atoms with Crippen molar-refractivity contribution in [3.8, 4) is 0 Å². The van der Waals surface area contributed by atoms with E-state index in [0.717, 1.165) is 19.3 Å². The van der Waals surface area contributed by atoms with Crippen molar-refractivity contribution in [1.29, 1.82) is 0 Å². The molecule has 1 aromatic heterocycles. The summed E-state index contributed by atoms with van der Waals surface area (Å²) in [5.41, 5.74) is 1.53. The van der Waals surface area contributed by atoms with Gasteiger partial charge in [0.15, 0.2) is 0 Å². The molecule has 2 heterocycles. The van der Waals surface area contributed by atoms with Crippen LogP contribution in [0.15, 0.2) is 28.8 Å². The molecule has 0 unspecified atom stereocenters. The number of ether oxygens (including phenoxy) is 1. The lowest BCUT2D eigenvalue weighted by molar-refractivity contribution is -0.124. The molecule has 0 aromatic carbocycles. The summed E-state index contributed by atoms with van der Waals surface area (Å²) in [7, 11) is -2.30. The molecule has 3 rings (SSSR count). The Bertz CT molecular complexity index is 919. The van der Waals surface area contributed by atoms with Gasteiger partial charge in [-0.05, 0) is 57.9 Å². The third kappa shape index (κ3) is 4.95. The van der Waals surface area contributed by atoms with Crippen LogP contribution in [0.2, 0.25) is 0 Å². The van der Waals surface area contributed by atoms with Gasteiger partial charge >= 0.3 is 5.97 Å². The SMILES string of the molecule is CCOC(=O)c1cc(S(=O)(=O)N2CCC[C@H]2C(=O)NCCC2=CCCCC2)cn1C. The van der Waals surface area contributed by atoms with Crippen molar-refractivity contribution in [3.63, 3.8) is 0 Å². The summed E-state index contributed by atoms with van der Waals surface area (Å²) in [4.78, 5) is 24.8.